The third kappa shape index (κ3) is 3.62. The van der Waals surface area contributed by atoms with E-state index in [1.54, 1.807) is 13.2 Å². The van der Waals surface area contributed by atoms with Gasteiger partial charge in [-0.3, -0.25) is 4.79 Å². The van der Waals surface area contributed by atoms with Crippen LogP contribution in [0.25, 0.3) is 0 Å². The lowest BCUT2D eigenvalue weighted by Gasteiger charge is -2.31. The highest BCUT2D eigenvalue weighted by atomic mass is 16.5. The second-order valence-corrected chi connectivity index (χ2v) is 5.66. The molecule has 0 aliphatic rings. The molecule has 0 unspecified atom stereocenters. The fraction of sp³-hybridized carbons (Fsp3) is 0.471. The van der Waals surface area contributed by atoms with Crippen molar-refractivity contribution < 1.29 is 14.3 Å². The number of benzene rings is 1. The van der Waals surface area contributed by atoms with Crippen LogP contribution in [-0.2, 0) is 9.53 Å². The van der Waals surface area contributed by atoms with Gasteiger partial charge in [-0.25, -0.2) is 0 Å². The first-order chi connectivity index (χ1) is 9.32. The molecule has 110 valence electrons. The Morgan fingerprint density at radius 1 is 1.25 bits per heavy atom. The summed E-state index contributed by atoms with van der Waals surface area (Å²) in [4.78, 5) is 12.3. The summed E-state index contributed by atoms with van der Waals surface area (Å²) >= 11 is 0. The van der Waals surface area contributed by atoms with Gasteiger partial charge >= 0.3 is 5.97 Å². The second-order valence-electron chi connectivity index (χ2n) is 5.66. The summed E-state index contributed by atoms with van der Waals surface area (Å²) in [5.74, 6) is 0.465. The van der Waals surface area contributed by atoms with Gasteiger partial charge in [0, 0.05) is 5.92 Å². The standard InChI is InChI=1S/C17H24O3/c1-7-15(13-8-10-14(19-6)11-9-13)17(4,5)16(18)20-12(2)3/h7-12,15H,1H2,2-6H3/t15-/m1/s1. The lowest BCUT2D eigenvalue weighted by molar-refractivity contribution is -0.158. The smallest absolute Gasteiger partial charge is 0.312 e. The fourth-order valence-electron chi connectivity index (χ4n) is 2.15. The number of rotatable bonds is 6. The maximum Gasteiger partial charge on any atom is 0.312 e. The van der Waals surface area contributed by atoms with Crippen molar-refractivity contribution in [3.05, 3.63) is 42.5 Å². The van der Waals surface area contributed by atoms with Gasteiger partial charge in [0.25, 0.3) is 0 Å². The van der Waals surface area contributed by atoms with Gasteiger partial charge in [-0.15, -0.1) is 6.58 Å². The molecule has 0 aromatic heterocycles. The van der Waals surface area contributed by atoms with Crippen LogP contribution in [0.1, 0.15) is 39.2 Å². The summed E-state index contributed by atoms with van der Waals surface area (Å²) in [5.41, 5.74) is 0.354. The van der Waals surface area contributed by atoms with Crippen LogP contribution in [0.3, 0.4) is 0 Å². The molecule has 3 heteroatoms. The van der Waals surface area contributed by atoms with Crippen molar-refractivity contribution >= 4 is 5.97 Å². The van der Waals surface area contributed by atoms with Crippen molar-refractivity contribution in [3.63, 3.8) is 0 Å². The van der Waals surface area contributed by atoms with Gasteiger partial charge in [-0.2, -0.15) is 0 Å². The zero-order chi connectivity index (χ0) is 15.3. The molecule has 0 radical (unpaired) electrons. The molecule has 0 saturated heterocycles. The number of methoxy groups -OCH3 is 1. The van der Waals surface area contributed by atoms with Gasteiger partial charge < -0.3 is 9.47 Å². The maximum absolute atomic E-state index is 12.3. The zero-order valence-electron chi connectivity index (χ0n) is 13.0. The summed E-state index contributed by atoms with van der Waals surface area (Å²) in [7, 11) is 1.63. The lowest BCUT2D eigenvalue weighted by atomic mass is 9.75. The third-order valence-corrected chi connectivity index (χ3v) is 3.36. The van der Waals surface area contributed by atoms with Gasteiger partial charge in [0.15, 0.2) is 0 Å². The van der Waals surface area contributed by atoms with E-state index in [1.807, 2.05) is 52.0 Å². The predicted molar refractivity (Wildman–Crippen MR) is 80.9 cm³/mol. The molecule has 0 saturated carbocycles. The number of carbonyl (C=O) groups excluding carboxylic acids is 1. The molecule has 0 aliphatic heterocycles. The molecule has 0 spiro atoms. The first-order valence-electron chi connectivity index (χ1n) is 6.80. The Morgan fingerprint density at radius 2 is 1.80 bits per heavy atom. The normalized spacial score (nSPS) is 12.9. The zero-order valence-corrected chi connectivity index (χ0v) is 13.0. The number of hydrogen-bond acceptors (Lipinski definition) is 3. The van der Waals surface area contributed by atoms with E-state index in [1.165, 1.54) is 0 Å². The molecule has 20 heavy (non-hydrogen) atoms. The van der Waals surface area contributed by atoms with Crippen molar-refractivity contribution in [2.45, 2.75) is 39.7 Å². The topological polar surface area (TPSA) is 35.5 Å². The average molecular weight is 276 g/mol. The number of carbonyl (C=O) groups is 1. The summed E-state index contributed by atoms with van der Waals surface area (Å²) < 4.78 is 10.5. The molecule has 3 nitrogen and oxygen atoms in total. The van der Waals surface area contributed by atoms with E-state index < -0.39 is 5.41 Å². The molecule has 0 amide bonds. The Bertz CT molecular complexity index is 458. The molecule has 0 fully saturated rings. The third-order valence-electron chi connectivity index (χ3n) is 3.36. The largest absolute Gasteiger partial charge is 0.497 e. The Labute approximate surface area is 121 Å². The van der Waals surface area contributed by atoms with Crippen molar-refractivity contribution in [1.29, 1.82) is 0 Å². The van der Waals surface area contributed by atoms with Crippen LogP contribution in [0.5, 0.6) is 5.75 Å². The SMILES string of the molecule is C=C[C@H](c1ccc(OC)cc1)C(C)(C)C(=O)OC(C)C. The van der Waals surface area contributed by atoms with Crippen molar-refractivity contribution in [3.8, 4) is 5.75 Å². The van der Waals surface area contributed by atoms with Gasteiger partial charge in [0.1, 0.15) is 5.75 Å². The van der Waals surface area contributed by atoms with Crippen molar-refractivity contribution in [2.75, 3.05) is 7.11 Å². The van der Waals surface area contributed by atoms with Crippen molar-refractivity contribution in [2.24, 2.45) is 5.41 Å². The highest BCUT2D eigenvalue weighted by Crippen LogP contribution is 2.38. The van der Waals surface area contributed by atoms with Crippen LogP contribution < -0.4 is 4.74 Å². The van der Waals surface area contributed by atoms with Gasteiger partial charge in [-0.05, 0) is 45.4 Å². The molecule has 0 bridgehead atoms. The van der Waals surface area contributed by atoms with Gasteiger partial charge in [0.05, 0.1) is 18.6 Å². The highest BCUT2D eigenvalue weighted by Gasteiger charge is 2.37. The first-order valence-corrected chi connectivity index (χ1v) is 6.80. The molecule has 1 aromatic rings. The lowest BCUT2D eigenvalue weighted by Crippen LogP contribution is -2.34. The van der Waals surface area contributed by atoms with Crippen LogP contribution >= 0.6 is 0 Å². The number of ether oxygens (including phenoxy) is 2. The summed E-state index contributed by atoms with van der Waals surface area (Å²) in [6.07, 6.45) is 1.67. The minimum absolute atomic E-state index is 0.111. The average Bonchev–Trinajstić information content (AvgIpc) is 2.39. The predicted octanol–water partition coefficient (Wildman–Crippen LogP) is 3.94. The number of hydrogen-bond donors (Lipinski definition) is 0. The summed E-state index contributed by atoms with van der Waals surface area (Å²) in [6.45, 7) is 11.3. The Hall–Kier alpha value is -1.77. The Kier molecular flexibility index (Phi) is 5.37. The molecule has 0 N–H and O–H groups in total. The fourth-order valence-corrected chi connectivity index (χ4v) is 2.15. The van der Waals surface area contributed by atoms with Crippen LogP contribution in [0.4, 0.5) is 0 Å². The quantitative estimate of drug-likeness (QED) is 0.583. The molecule has 1 rings (SSSR count). The summed E-state index contributed by atoms with van der Waals surface area (Å²) in [6, 6.07) is 7.68. The van der Waals surface area contributed by atoms with Crippen LogP contribution in [-0.4, -0.2) is 19.2 Å². The van der Waals surface area contributed by atoms with Crippen LogP contribution in [0.2, 0.25) is 0 Å². The monoisotopic (exact) mass is 276 g/mol. The van der Waals surface area contributed by atoms with Crippen LogP contribution in [0, 0.1) is 5.41 Å². The highest BCUT2D eigenvalue weighted by molar-refractivity contribution is 5.78. The van der Waals surface area contributed by atoms with Crippen molar-refractivity contribution in [1.82, 2.24) is 0 Å². The molecule has 0 aliphatic carbocycles. The second kappa shape index (κ2) is 6.60. The molecular formula is C17H24O3. The van der Waals surface area contributed by atoms with E-state index in [4.69, 9.17) is 9.47 Å². The molecule has 0 heterocycles. The minimum Gasteiger partial charge on any atom is -0.497 e. The maximum atomic E-state index is 12.3. The van der Waals surface area contributed by atoms with Gasteiger partial charge in [0.2, 0.25) is 0 Å². The first kappa shape index (κ1) is 16.3. The van der Waals surface area contributed by atoms with E-state index in [0.29, 0.717) is 0 Å². The van der Waals surface area contributed by atoms with Gasteiger partial charge in [-0.1, -0.05) is 18.2 Å². The minimum atomic E-state index is -0.666. The van der Waals surface area contributed by atoms with E-state index in [9.17, 15) is 4.79 Å². The molecule has 1 atom stereocenters. The summed E-state index contributed by atoms with van der Waals surface area (Å²) in [5, 5.41) is 0. The van der Waals surface area contributed by atoms with E-state index >= 15 is 0 Å². The van der Waals surface area contributed by atoms with E-state index in [-0.39, 0.29) is 18.0 Å². The van der Waals surface area contributed by atoms with E-state index in [2.05, 4.69) is 6.58 Å². The number of esters is 1. The Balaban J connectivity index is 3.03. The molecular weight excluding hydrogens is 252 g/mol. The number of allylic oxidation sites excluding steroid dienone is 1. The molecule has 1 aromatic carbocycles. The van der Waals surface area contributed by atoms with E-state index in [0.717, 1.165) is 11.3 Å². The Morgan fingerprint density at radius 3 is 2.20 bits per heavy atom. The van der Waals surface area contributed by atoms with Crippen LogP contribution in [0.15, 0.2) is 36.9 Å².